The van der Waals surface area contributed by atoms with E-state index < -0.39 is 0 Å². The van der Waals surface area contributed by atoms with Gasteiger partial charge in [0.15, 0.2) is 0 Å². The van der Waals surface area contributed by atoms with Crippen LogP contribution in [0.5, 0.6) is 5.75 Å². The standard InChI is InChI=1S/C24H33FNOP/c1-4-24(5-2,21-15-18(3)9-11-22(21)27)28-23-12-10-20(25)16-19(23)17-26-13-7-6-8-14-26/h9-12,15-16,27-28H,4-8,13-14,17H2,1-3H3. The van der Waals surface area contributed by atoms with Gasteiger partial charge < -0.3 is 5.11 Å². The first-order chi connectivity index (χ1) is 13.5. The molecule has 4 heteroatoms. The highest BCUT2D eigenvalue weighted by Gasteiger charge is 2.32. The molecule has 1 atom stereocenters. The van der Waals surface area contributed by atoms with Crippen LogP contribution in [-0.4, -0.2) is 23.1 Å². The van der Waals surface area contributed by atoms with Gasteiger partial charge >= 0.3 is 0 Å². The van der Waals surface area contributed by atoms with Crippen molar-refractivity contribution < 1.29 is 9.50 Å². The fraction of sp³-hybridized carbons (Fsp3) is 0.500. The van der Waals surface area contributed by atoms with Crippen LogP contribution in [0.25, 0.3) is 0 Å². The molecule has 0 aliphatic carbocycles. The number of benzene rings is 2. The minimum atomic E-state index is -0.155. The van der Waals surface area contributed by atoms with Crippen molar-refractivity contribution in [3.8, 4) is 5.75 Å². The van der Waals surface area contributed by atoms with Gasteiger partial charge in [-0.05, 0) is 74.8 Å². The Hall–Kier alpha value is -1.44. The molecule has 3 rings (SSSR count). The minimum Gasteiger partial charge on any atom is -0.508 e. The van der Waals surface area contributed by atoms with Gasteiger partial charge in [-0.25, -0.2) is 4.39 Å². The average Bonchev–Trinajstić information content (AvgIpc) is 2.71. The van der Waals surface area contributed by atoms with Gasteiger partial charge in [-0.3, -0.25) is 4.90 Å². The number of piperidine rings is 1. The summed E-state index contributed by atoms with van der Waals surface area (Å²) < 4.78 is 14.1. The molecule has 28 heavy (non-hydrogen) atoms. The van der Waals surface area contributed by atoms with Crippen LogP contribution in [-0.2, 0) is 11.7 Å². The SMILES string of the molecule is CCC(CC)(Pc1ccc(F)cc1CN1CCCCC1)c1cc(C)ccc1O. The lowest BCUT2D eigenvalue weighted by atomic mass is 9.91. The number of hydrogen-bond acceptors (Lipinski definition) is 2. The molecule has 1 N–H and O–H groups in total. The molecule has 0 bridgehead atoms. The van der Waals surface area contributed by atoms with Gasteiger partial charge in [0, 0.05) is 17.3 Å². The van der Waals surface area contributed by atoms with E-state index in [-0.39, 0.29) is 11.0 Å². The Labute approximate surface area is 170 Å². The third-order valence-corrected chi connectivity index (χ3v) is 8.37. The summed E-state index contributed by atoms with van der Waals surface area (Å²) in [5, 5.41) is 11.7. The highest BCUT2D eigenvalue weighted by Crippen LogP contribution is 2.50. The van der Waals surface area contributed by atoms with Crippen molar-refractivity contribution >= 4 is 13.9 Å². The molecule has 2 nitrogen and oxygen atoms in total. The van der Waals surface area contributed by atoms with Crippen molar-refractivity contribution in [1.29, 1.82) is 0 Å². The van der Waals surface area contributed by atoms with E-state index in [1.165, 1.54) is 24.6 Å². The molecule has 1 saturated heterocycles. The number of likely N-dealkylation sites (tertiary alicyclic amines) is 1. The molecule has 1 aliphatic rings. The lowest BCUT2D eigenvalue weighted by Gasteiger charge is -2.35. The monoisotopic (exact) mass is 401 g/mol. The van der Waals surface area contributed by atoms with Crippen molar-refractivity contribution in [2.75, 3.05) is 13.1 Å². The molecule has 0 amide bonds. The van der Waals surface area contributed by atoms with E-state index in [9.17, 15) is 9.50 Å². The number of nitrogens with zero attached hydrogens (tertiary/aromatic N) is 1. The van der Waals surface area contributed by atoms with E-state index in [4.69, 9.17) is 0 Å². The molecule has 2 aromatic rings. The second-order valence-corrected chi connectivity index (χ2v) is 9.82. The molecule has 0 spiro atoms. The zero-order chi connectivity index (χ0) is 20.1. The van der Waals surface area contributed by atoms with Gasteiger partial charge in [-0.2, -0.15) is 0 Å². The Morgan fingerprint density at radius 3 is 2.43 bits per heavy atom. The molecule has 0 aromatic heterocycles. The van der Waals surface area contributed by atoms with Crippen LogP contribution in [0.4, 0.5) is 4.39 Å². The molecular weight excluding hydrogens is 368 g/mol. The van der Waals surface area contributed by atoms with Gasteiger partial charge in [0.2, 0.25) is 0 Å². The number of phenolic OH excluding ortho intramolecular Hbond substituents is 1. The zero-order valence-electron chi connectivity index (χ0n) is 17.4. The number of halogens is 1. The molecule has 0 saturated carbocycles. The van der Waals surface area contributed by atoms with E-state index in [0.29, 0.717) is 14.3 Å². The van der Waals surface area contributed by atoms with Crippen molar-refractivity contribution in [3.05, 3.63) is 58.9 Å². The van der Waals surface area contributed by atoms with Crippen LogP contribution in [0.15, 0.2) is 36.4 Å². The lowest BCUT2D eigenvalue weighted by Crippen LogP contribution is -2.31. The first-order valence-corrected chi connectivity index (χ1v) is 11.6. The lowest BCUT2D eigenvalue weighted by molar-refractivity contribution is 0.221. The normalized spacial score (nSPS) is 16.1. The third kappa shape index (κ3) is 4.75. The average molecular weight is 402 g/mol. The number of aryl methyl sites for hydroxylation is 1. The number of phenols is 1. The van der Waals surface area contributed by atoms with Crippen LogP contribution < -0.4 is 5.30 Å². The summed E-state index contributed by atoms with van der Waals surface area (Å²) >= 11 is 0. The van der Waals surface area contributed by atoms with Gasteiger partial charge in [0.05, 0.1) is 0 Å². The number of rotatable bonds is 7. The topological polar surface area (TPSA) is 23.5 Å². The van der Waals surface area contributed by atoms with Crippen molar-refractivity contribution in [3.63, 3.8) is 0 Å². The Balaban J connectivity index is 1.96. The largest absolute Gasteiger partial charge is 0.508 e. The predicted octanol–water partition coefficient (Wildman–Crippen LogP) is 5.84. The Kier molecular flexibility index (Phi) is 7.12. The molecular formula is C24H33FNOP. The molecule has 1 unspecified atom stereocenters. The predicted molar refractivity (Wildman–Crippen MR) is 119 cm³/mol. The quantitative estimate of drug-likeness (QED) is 0.589. The fourth-order valence-electron chi connectivity index (χ4n) is 4.34. The second kappa shape index (κ2) is 9.37. The number of aromatic hydroxyl groups is 1. The highest BCUT2D eigenvalue weighted by molar-refractivity contribution is 7.48. The first kappa shape index (κ1) is 21.3. The van der Waals surface area contributed by atoms with Crippen LogP contribution in [0.3, 0.4) is 0 Å². The van der Waals surface area contributed by atoms with Crippen molar-refractivity contribution in [2.24, 2.45) is 0 Å². The minimum absolute atomic E-state index is 0.120. The van der Waals surface area contributed by atoms with Gasteiger partial charge in [-0.15, -0.1) is 0 Å². The molecule has 1 heterocycles. The van der Waals surface area contributed by atoms with Gasteiger partial charge in [0.1, 0.15) is 11.6 Å². The Bertz CT molecular complexity index is 797. The maximum Gasteiger partial charge on any atom is 0.123 e. The van der Waals surface area contributed by atoms with E-state index >= 15 is 0 Å². The van der Waals surface area contributed by atoms with Gasteiger partial charge in [0.25, 0.3) is 0 Å². The van der Waals surface area contributed by atoms with Crippen LogP contribution >= 0.6 is 8.58 Å². The zero-order valence-corrected chi connectivity index (χ0v) is 18.4. The summed E-state index contributed by atoms with van der Waals surface area (Å²) in [5.74, 6) is 0.221. The summed E-state index contributed by atoms with van der Waals surface area (Å²) in [5.41, 5.74) is 3.30. The molecule has 0 radical (unpaired) electrons. The first-order valence-electron chi connectivity index (χ1n) is 10.6. The van der Waals surface area contributed by atoms with E-state index in [0.717, 1.165) is 49.2 Å². The maximum absolute atomic E-state index is 14.1. The van der Waals surface area contributed by atoms with Crippen LogP contribution in [0, 0.1) is 12.7 Å². The van der Waals surface area contributed by atoms with Crippen molar-refractivity contribution in [2.45, 2.75) is 64.6 Å². The van der Waals surface area contributed by atoms with Gasteiger partial charge in [-0.1, -0.05) is 52.6 Å². The van der Waals surface area contributed by atoms with E-state index in [1.807, 2.05) is 18.2 Å². The second-order valence-electron chi connectivity index (χ2n) is 8.07. The molecule has 152 valence electrons. The Morgan fingerprint density at radius 2 is 1.75 bits per heavy atom. The smallest absolute Gasteiger partial charge is 0.123 e. The summed E-state index contributed by atoms with van der Waals surface area (Å²) in [6.07, 6.45) is 5.66. The summed E-state index contributed by atoms with van der Waals surface area (Å²) in [6.45, 7) is 9.50. The molecule has 1 fully saturated rings. The number of hydrogen-bond donors (Lipinski definition) is 1. The van der Waals surface area contributed by atoms with E-state index in [2.05, 4.69) is 31.7 Å². The van der Waals surface area contributed by atoms with Crippen LogP contribution in [0.1, 0.15) is 62.6 Å². The summed E-state index contributed by atoms with van der Waals surface area (Å²) in [7, 11) is 0.499. The fourth-order valence-corrected chi connectivity index (χ4v) is 6.02. The molecule has 1 aliphatic heterocycles. The van der Waals surface area contributed by atoms with E-state index in [1.54, 1.807) is 12.1 Å². The maximum atomic E-state index is 14.1. The highest BCUT2D eigenvalue weighted by atomic mass is 31.1. The van der Waals surface area contributed by atoms with Crippen LogP contribution in [0.2, 0.25) is 0 Å². The summed E-state index contributed by atoms with van der Waals surface area (Å²) in [6, 6.07) is 11.2. The third-order valence-electron chi connectivity index (χ3n) is 6.16. The molecule has 2 aromatic carbocycles. The Morgan fingerprint density at radius 1 is 1.04 bits per heavy atom. The summed E-state index contributed by atoms with van der Waals surface area (Å²) in [4.78, 5) is 2.45. The van der Waals surface area contributed by atoms with Crippen molar-refractivity contribution in [1.82, 2.24) is 4.90 Å².